The van der Waals surface area contributed by atoms with Crippen LogP contribution in [0.2, 0.25) is 0 Å². The maximum Gasteiger partial charge on any atom is 0.145 e. The normalized spacial score (nSPS) is 11.0. The zero-order valence-electron chi connectivity index (χ0n) is 17.3. The molecule has 0 N–H and O–H groups in total. The summed E-state index contributed by atoms with van der Waals surface area (Å²) in [5.74, 6) is 0. The molecule has 2 heterocycles. The highest BCUT2D eigenvalue weighted by molar-refractivity contribution is 5.98. The van der Waals surface area contributed by atoms with E-state index < -0.39 is 0 Å². The van der Waals surface area contributed by atoms with Crippen molar-refractivity contribution in [3.63, 3.8) is 0 Å². The molecule has 4 rings (SSSR count). The summed E-state index contributed by atoms with van der Waals surface area (Å²) in [6.07, 6.45) is 3.37. The first kappa shape index (κ1) is 20.0. The Balaban J connectivity index is 0.000000444. The molecule has 0 bridgehead atoms. The highest BCUT2D eigenvalue weighted by Gasteiger charge is 2.16. The van der Waals surface area contributed by atoms with Crippen molar-refractivity contribution >= 4 is 27.5 Å². The van der Waals surface area contributed by atoms with E-state index in [-0.39, 0.29) is 5.41 Å². The summed E-state index contributed by atoms with van der Waals surface area (Å²) in [6.45, 7) is 15.0. The molecule has 26 heavy (non-hydrogen) atoms. The predicted molar refractivity (Wildman–Crippen MR) is 116 cm³/mol. The number of nitrogens with zero attached hydrogens (tertiary/aromatic N) is 2. The van der Waals surface area contributed by atoms with Crippen LogP contribution in [0.5, 0.6) is 0 Å². The Morgan fingerprint density at radius 2 is 1.58 bits per heavy atom. The molecule has 0 fully saturated rings. The second-order valence-corrected chi connectivity index (χ2v) is 7.37. The molecular formula is C24H32N2. The molecule has 2 aromatic carbocycles. The number of imidazole rings is 1. The van der Waals surface area contributed by atoms with Crippen molar-refractivity contribution in [2.75, 3.05) is 0 Å². The Morgan fingerprint density at radius 1 is 0.923 bits per heavy atom. The predicted octanol–water partition coefficient (Wildman–Crippen LogP) is 7.38. The quantitative estimate of drug-likeness (QED) is 0.324. The molecule has 0 saturated carbocycles. The average Bonchev–Trinajstić information content (AvgIpc) is 3.02. The van der Waals surface area contributed by atoms with Crippen LogP contribution in [0, 0.1) is 0 Å². The van der Waals surface area contributed by atoms with E-state index in [0.717, 1.165) is 11.2 Å². The van der Waals surface area contributed by atoms with Crippen LogP contribution in [0.3, 0.4) is 0 Å². The fraction of sp³-hybridized carbons (Fsp3) is 0.375. The molecule has 2 aromatic heterocycles. The molecular weight excluding hydrogens is 316 g/mol. The summed E-state index contributed by atoms with van der Waals surface area (Å²) in [6, 6.07) is 17.2. The Morgan fingerprint density at radius 3 is 2.23 bits per heavy atom. The maximum atomic E-state index is 4.83. The Bertz CT molecular complexity index is 988. The van der Waals surface area contributed by atoms with Crippen LogP contribution in [0.15, 0.2) is 54.7 Å². The molecule has 2 nitrogen and oxygen atoms in total. The lowest BCUT2D eigenvalue weighted by Crippen LogP contribution is -2.10. The van der Waals surface area contributed by atoms with Crippen molar-refractivity contribution in [3.8, 4) is 0 Å². The Hall–Kier alpha value is -2.35. The van der Waals surface area contributed by atoms with Crippen LogP contribution in [0.1, 0.15) is 60.5 Å². The van der Waals surface area contributed by atoms with Crippen LogP contribution in [-0.4, -0.2) is 9.38 Å². The summed E-state index contributed by atoms with van der Waals surface area (Å²) in [4.78, 5) is 4.83. The van der Waals surface area contributed by atoms with Crippen molar-refractivity contribution in [1.82, 2.24) is 9.38 Å². The molecule has 0 atom stereocenters. The lowest BCUT2D eigenvalue weighted by molar-refractivity contribution is 0.591. The van der Waals surface area contributed by atoms with Crippen LogP contribution in [0.4, 0.5) is 0 Å². The molecule has 0 unspecified atom stereocenters. The van der Waals surface area contributed by atoms with Gasteiger partial charge in [-0.3, -0.25) is 4.40 Å². The van der Waals surface area contributed by atoms with Crippen molar-refractivity contribution in [2.24, 2.45) is 0 Å². The number of hydrogen-bond acceptors (Lipinski definition) is 1. The third-order valence-electron chi connectivity index (χ3n) is 4.16. The fourth-order valence-corrected chi connectivity index (χ4v) is 2.90. The van der Waals surface area contributed by atoms with Gasteiger partial charge < -0.3 is 0 Å². The minimum absolute atomic E-state index is 0.148. The highest BCUT2D eigenvalue weighted by Crippen LogP contribution is 2.28. The van der Waals surface area contributed by atoms with Crippen LogP contribution < -0.4 is 0 Å². The van der Waals surface area contributed by atoms with Gasteiger partial charge in [-0.05, 0) is 34.6 Å². The Kier molecular flexibility index (Phi) is 6.42. The number of hydrogen-bond donors (Lipinski definition) is 0. The summed E-state index contributed by atoms with van der Waals surface area (Å²) in [7, 11) is 0. The van der Waals surface area contributed by atoms with Crippen LogP contribution >= 0.6 is 0 Å². The second kappa shape index (κ2) is 8.35. The smallest absolute Gasteiger partial charge is 0.145 e. The number of pyridine rings is 1. The van der Waals surface area contributed by atoms with Gasteiger partial charge in [-0.25, -0.2) is 4.98 Å². The lowest BCUT2D eigenvalue weighted by Gasteiger charge is -2.18. The van der Waals surface area contributed by atoms with E-state index in [2.05, 4.69) is 93.7 Å². The summed E-state index contributed by atoms with van der Waals surface area (Å²) < 4.78 is 2.20. The zero-order valence-corrected chi connectivity index (χ0v) is 17.3. The van der Waals surface area contributed by atoms with Crippen molar-refractivity contribution < 1.29 is 0 Å². The summed E-state index contributed by atoms with van der Waals surface area (Å²) >= 11 is 0. The number of fused-ring (bicyclic) bond motifs is 5. The van der Waals surface area contributed by atoms with E-state index in [0.29, 0.717) is 0 Å². The van der Waals surface area contributed by atoms with Gasteiger partial charge in [-0.15, -0.1) is 0 Å². The van der Waals surface area contributed by atoms with Gasteiger partial charge in [-0.2, -0.15) is 0 Å². The van der Waals surface area contributed by atoms with Gasteiger partial charge in [0.2, 0.25) is 0 Å². The lowest BCUT2D eigenvalue weighted by atomic mass is 9.87. The molecule has 0 aliphatic carbocycles. The standard InChI is InChI=1S/C19H18N2.C3H8.C2H6/c1-19(2,3)14-8-9-16-17(12-14)21-11-10-13-6-4-5-7-15(13)18(21)20-16;1-3-2;1-2/h4-12H,1-3H3;3H2,1-2H3;1-2H3. The minimum Gasteiger partial charge on any atom is -0.299 e. The number of aromatic nitrogens is 2. The monoisotopic (exact) mass is 348 g/mol. The average molecular weight is 349 g/mol. The van der Waals surface area contributed by atoms with Gasteiger partial charge in [0.05, 0.1) is 11.0 Å². The Labute approximate surface area is 157 Å². The number of rotatable bonds is 0. The van der Waals surface area contributed by atoms with Crippen LogP contribution in [0.25, 0.3) is 27.5 Å². The molecule has 0 radical (unpaired) electrons. The first-order chi connectivity index (χ1) is 12.5. The second-order valence-electron chi connectivity index (χ2n) is 7.37. The van der Waals surface area contributed by atoms with Gasteiger partial charge >= 0.3 is 0 Å². The number of benzene rings is 2. The van der Waals surface area contributed by atoms with E-state index in [1.165, 1.54) is 28.3 Å². The van der Waals surface area contributed by atoms with Crippen molar-refractivity contribution in [2.45, 2.75) is 60.3 Å². The van der Waals surface area contributed by atoms with E-state index in [1.54, 1.807) is 0 Å². The first-order valence-corrected chi connectivity index (χ1v) is 9.75. The first-order valence-electron chi connectivity index (χ1n) is 9.75. The van der Waals surface area contributed by atoms with E-state index >= 15 is 0 Å². The molecule has 0 spiro atoms. The SMILES string of the molecule is CC.CC(C)(C)c1ccc2nc3c4ccccc4ccn3c2c1.CCC. The van der Waals surface area contributed by atoms with E-state index in [9.17, 15) is 0 Å². The highest BCUT2D eigenvalue weighted by atomic mass is 15.0. The maximum absolute atomic E-state index is 4.83. The topological polar surface area (TPSA) is 17.3 Å². The van der Waals surface area contributed by atoms with Crippen molar-refractivity contribution in [1.29, 1.82) is 0 Å². The largest absolute Gasteiger partial charge is 0.299 e. The summed E-state index contributed by atoms with van der Waals surface area (Å²) in [5, 5.41) is 2.44. The molecule has 138 valence electrons. The third kappa shape index (κ3) is 3.90. The van der Waals surface area contributed by atoms with Crippen LogP contribution in [-0.2, 0) is 5.41 Å². The van der Waals surface area contributed by atoms with Gasteiger partial charge in [0.1, 0.15) is 5.65 Å². The van der Waals surface area contributed by atoms with E-state index in [4.69, 9.17) is 4.98 Å². The van der Waals surface area contributed by atoms with E-state index in [1.807, 2.05) is 13.8 Å². The fourth-order valence-electron chi connectivity index (χ4n) is 2.90. The van der Waals surface area contributed by atoms with Crippen molar-refractivity contribution in [3.05, 3.63) is 60.3 Å². The van der Waals surface area contributed by atoms with Gasteiger partial charge in [0.25, 0.3) is 0 Å². The molecule has 0 amide bonds. The molecule has 0 aliphatic heterocycles. The third-order valence-corrected chi connectivity index (χ3v) is 4.16. The van der Waals surface area contributed by atoms with Gasteiger partial charge in [0.15, 0.2) is 0 Å². The molecule has 2 heteroatoms. The molecule has 4 aromatic rings. The molecule has 0 saturated heterocycles. The summed E-state index contributed by atoms with van der Waals surface area (Å²) in [5.41, 5.74) is 4.76. The minimum atomic E-state index is 0.148. The molecule has 0 aliphatic rings. The zero-order chi connectivity index (χ0) is 19.3. The van der Waals surface area contributed by atoms with Gasteiger partial charge in [0, 0.05) is 11.6 Å². The van der Waals surface area contributed by atoms with Gasteiger partial charge in [-0.1, -0.05) is 85.2 Å².